The lowest BCUT2D eigenvalue weighted by molar-refractivity contribution is -0.121. The topological polar surface area (TPSA) is 60.5 Å². The number of methoxy groups -OCH3 is 1. The molecule has 1 aromatic heterocycles. The maximum Gasteiger partial charge on any atom is 0.220 e. The molecule has 0 saturated heterocycles. The number of nitrogens with one attached hydrogen (secondary N) is 1. The van der Waals surface area contributed by atoms with Gasteiger partial charge in [0, 0.05) is 25.4 Å². The van der Waals surface area contributed by atoms with Crippen LogP contribution < -0.4 is 14.8 Å². The molecular weight excluding hydrogens is 304 g/mol. The van der Waals surface area contributed by atoms with Crippen LogP contribution in [0.4, 0.5) is 0 Å². The van der Waals surface area contributed by atoms with Crippen LogP contribution in [-0.2, 0) is 17.9 Å². The number of carbonyl (C=O) groups excluding carboxylic acids is 1. The largest absolute Gasteiger partial charge is 0.493 e. The lowest BCUT2D eigenvalue weighted by Crippen LogP contribution is -2.23. The second-order valence-corrected chi connectivity index (χ2v) is 6.00. The summed E-state index contributed by atoms with van der Waals surface area (Å²) in [4.78, 5) is 15.7. The predicted molar refractivity (Wildman–Crippen MR) is 92.9 cm³/mol. The van der Waals surface area contributed by atoms with Crippen LogP contribution in [0.2, 0.25) is 0 Å². The number of ether oxygens (including phenoxy) is 2. The lowest BCUT2D eigenvalue weighted by atomic mass is 10.1. The van der Waals surface area contributed by atoms with E-state index in [-0.39, 0.29) is 5.91 Å². The first kappa shape index (κ1) is 17.8. The summed E-state index contributed by atoms with van der Waals surface area (Å²) in [7, 11) is 1.61. The smallest absolute Gasteiger partial charge is 0.220 e. The van der Waals surface area contributed by atoms with Crippen LogP contribution in [0.1, 0.15) is 31.4 Å². The van der Waals surface area contributed by atoms with E-state index in [1.807, 2.05) is 44.2 Å². The molecule has 5 nitrogen and oxygen atoms in total. The van der Waals surface area contributed by atoms with Crippen molar-refractivity contribution in [1.29, 1.82) is 0 Å². The Morgan fingerprint density at radius 1 is 1.12 bits per heavy atom. The van der Waals surface area contributed by atoms with E-state index in [0.717, 1.165) is 11.1 Å². The number of hydrogen-bond donors (Lipinski definition) is 1. The van der Waals surface area contributed by atoms with Gasteiger partial charge in [0.25, 0.3) is 0 Å². The molecule has 0 radical (unpaired) electrons. The molecule has 128 valence electrons. The van der Waals surface area contributed by atoms with Gasteiger partial charge in [-0.15, -0.1) is 0 Å². The fourth-order valence-electron chi connectivity index (χ4n) is 2.22. The molecule has 1 N–H and O–H groups in total. The van der Waals surface area contributed by atoms with Crippen molar-refractivity contribution in [3.05, 3.63) is 53.9 Å². The van der Waals surface area contributed by atoms with Crippen LogP contribution in [0.15, 0.2) is 42.7 Å². The average Bonchev–Trinajstić information content (AvgIpc) is 2.58. The third kappa shape index (κ3) is 5.57. The van der Waals surface area contributed by atoms with E-state index in [1.54, 1.807) is 19.5 Å². The number of benzene rings is 1. The Morgan fingerprint density at radius 2 is 1.88 bits per heavy atom. The third-order valence-corrected chi connectivity index (χ3v) is 3.46. The summed E-state index contributed by atoms with van der Waals surface area (Å²) in [6.45, 7) is 4.98. The zero-order valence-electron chi connectivity index (χ0n) is 14.4. The number of rotatable bonds is 8. The Balaban J connectivity index is 1.95. The highest BCUT2D eigenvalue weighted by atomic mass is 16.5. The summed E-state index contributed by atoms with van der Waals surface area (Å²) in [6.07, 6.45) is 4.00. The molecule has 24 heavy (non-hydrogen) atoms. The first-order valence-corrected chi connectivity index (χ1v) is 8.03. The van der Waals surface area contributed by atoms with Crippen molar-refractivity contribution >= 4 is 5.91 Å². The predicted octanol–water partition coefficient (Wildman–Crippen LogP) is 3.33. The van der Waals surface area contributed by atoms with E-state index in [2.05, 4.69) is 10.3 Å². The molecule has 2 rings (SSSR count). The molecule has 0 atom stereocenters. The Hall–Kier alpha value is -2.56. The van der Waals surface area contributed by atoms with Crippen LogP contribution in [0.5, 0.6) is 11.5 Å². The van der Waals surface area contributed by atoms with Crippen LogP contribution in [0, 0.1) is 5.92 Å². The highest BCUT2D eigenvalue weighted by Crippen LogP contribution is 2.28. The Labute approximate surface area is 143 Å². The van der Waals surface area contributed by atoms with Crippen LogP contribution in [0.3, 0.4) is 0 Å². The fourth-order valence-corrected chi connectivity index (χ4v) is 2.22. The standard InChI is InChI=1S/C19H24N2O3/c1-14(2)10-19(22)21-12-16-4-5-17(18(11-16)23-3)24-13-15-6-8-20-9-7-15/h4-9,11,14H,10,12-13H2,1-3H3,(H,21,22). The zero-order chi connectivity index (χ0) is 17.4. The molecule has 0 bridgehead atoms. The maximum atomic E-state index is 11.7. The summed E-state index contributed by atoms with van der Waals surface area (Å²) in [5.41, 5.74) is 2.01. The summed E-state index contributed by atoms with van der Waals surface area (Å²) in [5.74, 6) is 1.73. The molecule has 5 heteroatoms. The van der Waals surface area contributed by atoms with Crippen molar-refractivity contribution in [2.45, 2.75) is 33.4 Å². The van der Waals surface area contributed by atoms with Crippen molar-refractivity contribution in [1.82, 2.24) is 10.3 Å². The van der Waals surface area contributed by atoms with Crippen molar-refractivity contribution in [3.8, 4) is 11.5 Å². The molecule has 1 amide bonds. The van der Waals surface area contributed by atoms with Gasteiger partial charge < -0.3 is 14.8 Å². The van der Waals surface area contributed by atoms with E-state index in [9.17, 15) is 4.79 Å². The molecule has 0 saturated carbocycles. The summed E-state index contributed by atoms with van der Waals surface area (Å²) < 4.78 is 11.2. The van der Waals surface area contributed by atoms with Gasteiger partial charge >= 0.3 is 0 Å². The number of carbonyl (C=O) groups is 1. The molecule has 2 aromatic rings. The Bertz CT molecular complexity index is 657. The van der Waals surface area contributed by atoms with Crippen molar-refractivity contribution in [3.63, 3.8) is 0 Å². The van der Waals surface area contributed by atoms with Gasteiger partial charge in [0.05, 0.1) is 7.11 Å². The van der Waals surface area contributed by atoms with Gasteiger partial charge in [0.2, 0.25) is 5.91 Å². The van der Waals surface area contributed by atoms with E-state index in [4.69, 9.17) is 9.47 Å². The van der Waals surface area contributed by atoms with Gasteiger partial charge in [-0.25, -0.2) is 0 Å². The molecular formula is C19H24N2O3. The number of pyridine rings is 1. The van der Waals surface area contributed by atoms with Gasteiger partial charge in [-0.1, -0.05) is 19.9 Å². The summed E-state index contributed by atoms with van der Waals surface area (Å²) in [6, 6.07) is 9.50. The highest BCUT2D eigenvalue weighted by molar-refractivity contribution is 5.76. The molecule has 1 heterocycles. The molecule has 0 unspecified atom stereocenters. The Kier molecular flexibility index (Phi) is 6.61. The number of nitrogens with zero attached hydrogens (tertiary/aromatic N) is 1. The minimum Gasteiger partial charge on any atom is -0.493 e. The maximum absolute atomic E-state index is 11.7. The van der Waals surface area contributed by atoms with Crippen molar-refractivity contribution in [2.75, 3.05) is 7.11 Å². The van der Waals surface area contributed by atoms with Crippen LogP contribution >= 0.6 is 0 Å². The quantitative estimate of drug-likeness (QED) is 0.807. The SMILES string of the molecule is COc1cc(CNC(=O)CC(C)C)ccc1OCc1ccncc1. The number of hydrogen-bond acceptors (Lipinski definition) is 4. The minimum absolute atomic E-state index is 0.0574. The van der Waals surface area contributed by atoms with Crippen molar-refractivity contribution in [2.24, 2.45) is 5.92 Å². The van der Waals surface area contributed by atoms with E-state index in [1.165, 1.54) is 0 Å². The highest BCUT2D eigenvalue weighted by Gasteiger charge is 2.08. The minimum atomic E-state index is 0.0574. The molecule has 0 aliphatic heterocycles. The van der Waals surface area contributed by atoms with Crippen molar-refractivity contribution < 1.29 is 14.3 Å². The van der Waals surface area contributed by atoms with Crippen LogP contribution in [-0.4, -0.2) is 18.0 Å². The first-order chi connectivity index (χ1) is 11.6. The second kappa shape index (κ2) is 8.91. The molecule has 0 spiro atoms. The third-order valence-electron chi connectivity index (χ3n) is 3.46. The lowest BCUT2D eigenvalue weighted by Gasteiger charge is -2.13. The number of amides is 1. The van der Waals surface area contributed by atoms with Gasteiger partial charge in [0.1, 0.15) is 6.61 Å². The second-order valence-electron chi connectivity index (χ2n) is 6.00. The summed E-state index contributed by atoms with van der Waals surface area (Å²) in [5, 5.41) is 2.92. The molecule has 1 aromatic carbocycles. The van der Waals surface area contributed by atoms with Gasteiger partial charge in [-0.2, -0.15) is 0 Å². The van der Waals surface area contributed by atoms with E-state index >= 15 is 0 Å². The molecule has 0 fully saturated rings. The fraction of sp³-hybridized carbons (Fsp3) is 0.368. The van der Waals surface area contributed by atoms with Gasteiger partial charge in [0.15, 0.2) is 11.5 Å². The first-order valence-electron chi connectivity index (χ1n) is 8.03. The van der Waals surface area contributed by atoms with E-state index < -0.39 is 0 Å². The zero-order valence-corrected chi connectivity index (χ0v) is 14.4. The Morgan fingerprint density at radius 3 is 2.54 bits per heavy atom. The van der Waals surface area contributed by atoms with Gasteiger partial charge in [-0.3, -0.25) is 9.78 Å². The van der Waals surface area contributed by atoms with Crippen LogP contribution in [0.25, 0.3) is 0 Å². The monoisotopic (exact) mass is 328 g/mol. The summed E-state index contributed by atoms with van der Waals surface area (Å²) >= 11 is 0. The number of aromatic nitrogens is 1. The van der Waals surface area contributed by atoms with Gasteiger partial charge in [-0.05, 0) is 41.3 Å². The molecule has 0 aliphatic carbocycles. The molecule has 0 aliphatic rings. The average molecular weight is 328 g/mol. The normalized spacial score (nSPS) is 10.5. The van der Waals surface area contributed by atoms with E-state index in [0.29, 0.717) is 37.0 Å².